The molecule has 4 N–H and O–H groups in total. The van der Waals surface area contributed by atoms with Crippen molar-refractivity contribution < 1.29 is 9.90 Å². The third kappa shape index (κ3) is 3.43. The number of aromatic hydroxyl groups is 1. The second-order valence-corrected chi connectivity index (χ2v) is 8.86. The molecule has 0 unspecified atom stereocenters. The number of hydrogen-bond donors (Lipinski definition) is 3. The number of fused-ring (bicyclic) bond motifs is 1. The molecular weight excluding hydrogens is 374 g/mol. The van der Waals surface area contributed by atoms with Crippen LogP contribution >= 0.6 is 0 Å². The Morgan fingerprint density at radius 1 is 1.03 bits per heavy atom. The molecule has 2 aliphatic rings. The highest BCUT2D eigenvalue weighted by Gasteiger charge is 2.46. The molecule has 2 fully saturated rings. The minimum Gasteiger partial charge on any atom is -0.508 e. The predicted octanol–water partition coefficient (Wildman–Crippen LogP) is 4.52. The fourth-order valence-electron chi connectivity index (χ4n) is 4.61. The number of hydrogen-bond acceptors (Lipinski definition) is 5. The van der Waals surface area contributed by atoms with Crippen LogP contribution in [0.1, 0.15) is 44.1 Å². The van der Waals surface area contributed by atoms with Crippen molar-refractivity contribution in [2.75, 3.05) is 5.32 Å². The number of nitrogens with two attached hydrogens (primary N) is 1. The van der Waals surface area contributed by atoms with E-state index in [1.54, 1.807) is 12.1 Å². The molecular formula is C25H27N3O2. The summed E-state index contributed by atoms with van der Waals surface area (Å²) in [6.07, 6.45) is 8.87. The lowest BCUT2D eigenvalue weighted by molar-refractivity contribution is -0.109. The van der Waals surface area contributed by atoms with E-state index in [0.29, 0.717) is 12.1 Å². The Hall–Kier alpha value is -2.92. The zero-order chi connectivity index (χ0) is 20.7. The number of phenolic OH excluding ortho intramolecular Hbond substituents is 1. The first-order chi connectivity index (χ1) is 14.6. The molecule has 0 saturated heterocycles. The molecule has 0 radical (unpaired) electrons. The van der Waals surface area contributed by atoms with Gasteiger partial charge in [0.15, 0.2) is 0 Å². The largest absolute Gasteiger partial charge is 0.508 e. The highest BCUT2D eigenvalue weighted by atomic mass is 16.3. The van der Waals surface area contributed by atoms with Crippen molar-refractivity contribution >= 4 is 22.9 Å². The van der Waals surface area contributed by atoms with Crippen molar-refractivity contribution in [2.24, 2.45) is 5.73 Å². The van der Waals surface area contributed by atoms with Crippen LogP contribution in [0.25, 0.3) is 22.0 Å². The van der Waals surface area contributed by atoms with Crippen LogP contribution < -0.4 is 11.1 Å². The molecule has 1 heterocycles. The van der Waals surface area contributed by atoms with E-state index in [2.05, 4.69) is 17.4 Å². The van der Waals surface area contributed by atoms with Gasteiger partial charge in [-0.2, -0.15) is 0 Å². The van der Waals surface area contributed by atoms with Crippen LogP contribution in [0, 0.1) is 0 Å². The van der Waals surface area contributed by atoms with Crippen LogP contribution in [0.2, 0.25) is 0 Å². The lowest BCUT2D eigenvalue weighted by atomic mass is 9.89. The number of carbonyl (C=O) groups is 1. The third-order valence-electron chi connectivity index (χ3n) is 6.74. The number of aromatic nitrogens is 1. The van der Waals surface area contributed by atoms with Gasteiger partial charge in [0.2, 0.25) is 0 Å². The number of anilines is 1. The van der Waals surface area contributed by atoms with E-state index in [0.717, 1.165) is 78.1 Å². The maximum Gasteiger partial charge on any atom is 0.130 e. The summed E-state index contributed by atoms with van der Waals surface area (Å²) in [5.41, 5.74) is 10.8. The number of pyridine rings is 1. The minimum absolute atomic E-state index is 0.253. The van der Waals surface area contributed by atoms with Crippen LogP contribution in [0.15, 0.2) is 48.7 Å². The van der Waals surface area contributed by atoms with Gasteiger partial charge in [-0.05, 0) is 73.9 Å². The average Bonchev–Trinajstić information content (AvgIpc) is 3.57. The van der Waals surface area contributed by atoms with Crippen molar-refractivity contribution in [1.29, 1.82) is 0 Å². The van der Waals surface area contributed by atoms with E-state index < -0.39 is 5.41 Å². The number of aldehydes is 1. The Labute approximate surface area is 176 Å². The van der Waals surface area contributed by atoms with Gasteiger partial charge in [-0.3, -0.25) is 4.98 Å². The first-order valence-corrected chi connectivity index (χ1v) is 10.8. The monoisotopic (exact) mass is 401 g/mol. The summed E-state index contributed by atoms with van der Waals surface area (Å²) >= 11 is 0. The van der Waals surface area contributed by atoms with Gasteiger partial charge in [0.1, 0.15) is 12.0 Å². The van der Waals surface area contributed by atoms with Crippen molar-refractivity contribution in [3.63, 3.8) is 0 Å². The van der Waals surface area contributed by atoms with Crippen molar-refractivity contribution in [2.45, 2.75) is 56.0 Å². The van der Waals surface area contributed by atoms with Crippen LogP contribution in [0.4, 0.5) is 5.69 Å². The van der Waals surface area contributed by atoms with Gasteiger partial charge in [-0.1, -0.05) is 18.2 Å². The summed E-state index contributed by atoms with van der Waals surface area (Å²) in [5.74, 6) is 0.253. The van der Waals surface area contributed by atoms with Crippen LogP contribution in [0.5, 0.6) is 5.75 Å². The molecule has 2 saturated carbocycles. The van der Waals surface area contributed by atoms with Gasteiger partial charge < -0.3 is 21.0 Å². The molecule has 30 heavy (non-hydrogen) atoms. The van der Waals surface area contributed by atoms with E-state index >= 15 is 0 Å². The fraction of sp³-hybridized carbons (Fsp3) is 0.360. The highest BCUT2D eigenvalue weighted by molar-refractivity contribution is 5.98. The fourth-order valence-corrected chi connectivity index (χ4v) is 4.61. The van der Waals surface area contributed by atoms with E-state index in [1.807, 2.05) is 24.4 Å². The first-order valence-electron chi connectivity index (χ1n) is 10.8. The molecule has 5 nitrogen and oxygen atoms in total. The highest BCUT2D eigenvalue weighted by Crippen LogP contribution is 2.50. The Balaban J connectivity index is 1.62. The molecule has 154 valence electrons. The maximum absolute atomic E-state index is 11.9. The zero-order valence-corrected chi connectivity index (χ0v) is 17.0. The van der Waals surface area contributed by atoms with Gasteiger partial charge in [-0.15, -0.1) is 0 Å². The summed E-state index contributed by atoms with van der Waals surface area (Å²) in [6.45, 7) is 0. The Bertz CT molecular complexity index is 1080. The van der Waals surface area contributed by atoms with Crippen molar-refractivity contribution in [1.82, 2.24) is 4.98 Å². The number of nitrogens with one attached hydrogen (secondary N) is 1. The minimum atomic E-state index is -0.400. The molecule has 2 aliphatic carbocycles. The number of carbonyl (C=O) groups excluding carboxylic acids is 1. The maximum atomic E-state index is 11.9. The van der Waals surface area contributed by atoms with E-state index in [9.17, 15) is 9.90 Å². The summed E-state index contributed by atoms with van der Waals surface area (Å²) in [5, 5.41) is 14.4. The Morgan fingerprint density at radius 3 is 2.40 bits per heavy atom. The number of nitrogens with zero attached hydrogens (tertiary/aromatic N) is 1. The number of phenols is 1. The molecule has 5 rings (SSSR count). The Morgan fingerprint density at radius 2 is 1.73 bits per heavy atom. The van der Waals surface area contributed by atoms with Crippen LogP contribution in [0.3, 0.4) is 0 Å². The number of rotatable bonds is 5. The Kier molecular flexibility index (Phi) is 4.70. The summed E-state index contributed by atoms with van der Waals surface area (Å²) < 4.78 is 0. The molecule has 5 heteroatoms. The second-order valence-electron chi connectivity index (χ2n) is 8.86. The molecule has 0 amide bonds. The molecule has 1 aromatic heterocycles. The lowest BCUT2D eigenvalue weighted by Crippen LogP contribution is -2.33. The van der Waals surface area contributed by atoms with Gasteiger partial charge in [-0.25, -0.2) is 0 Å². The van der Waals surface area contributed by atoms with E-state index in [1.165, 1.54) is 0 Å². The molecule has 2 aromatic carbocycles. The van der Waals surface area contributed by atoms with Crippen molar-refractivity contribution in [3.05, 3.63) is 54.2 Å². The summed E-state index contributed by atoms with van der Waals surface area (Å²) in [4.78, 5) is 16.6. The zero-order valence-electron chi connectivity index (χ0n) is 17.0. The lowest BCUT2D eigenvalue weighted by Gasteiger charge is -2.29. The molecule has 0 bridgehead atoms. The molecule has 3 aromatic rings. The van der Waals surface area contributed by atoms with Gasteiger partial charge in [0.05, 0.1) is 10.9 Å². The molecule has 0 atom stereocenters. The van der Waals surface area contributed by atoms with Crippen molar-refractivity contribution in [3.8, 4) is 16.9 Å². The van der Waals surface area contributed by atoms with Gasteiger partial charge in [0, 0.05) is 34.9 Å². The summed E-state index contributed by atoms with van der Waals surface area (Å²) in [7, 11) is 0. The topological polar surface area (TPSA) is 88.2 Å². The second kappa shape index (κ2) is 7.40. The first kappa shape index (κ1) is 19.1. The van der Waals surface area contributed by atoms with Gasteiger partial charge in [0.25, 0.3) is 0 Å². The normalized spacial score (nSPS) is 22.6. The van der Waals surface area contributed by atoms with Crippen LogP contribution in [-0.4, -0.2) is 28.5 Å². The van der Waals surface area contributed by atoms with E-state index in [4.69, 9.17) is 10.7 Å². The standard InChI is InChI=1S/C25H27N3O2/c26-18-4-6-19(7-5-18)28-24-21-13-17(16-1-8-20(30)9-2-16)3-10-23(21)27-14-22(24)25(15-29)11-12-25/h1-3,8-10,13-15,18-19,30H,4-7,11-12,26H2,(H,27,28)/t18-,19-. The van der Waals surface area contributed by atoms with Crippen LogP contribution in [-0.2, 0) is 10.2 Å². The third-order valence-corrected chi connectivity index (χ3v) is 6.74. The average molecular weight is 402 g/mol. The summed E-state index contributed by atoms with van der Waals surface area (Å²) in [6, 6.07) is 14.1. The quantitative estimate of drug-likeness (QED) is 0.547. The molecule has 0 spiro atoms. The molecule has 0 aliphatic heterocycles. The van der Waals surface area contributed by atoms with Gasteiger partial charge >= 0.3 is 0 Å². The smallest absolute Gasteiger partial charge is 0.130 e. The SMILES string of the molecule is N[C@H]1CC[C@H](Nc2c(C3(C=O)CC3)cnc3ccc(-c4ccc(O)cc4)cc23)CC1. The number of benzene rings is 2. The van der Waals surface area contributed by atoms with E-state index in [-0.39, 0.29) is 5.75 Å². The predicted molar refractivity (Wildman–Crippen MR) is 120 cm³/mol.